The van der Waals surface area contributed by atoms with Crippen LogP contribution in [0, 0.1) is 5.82 Å². The van der Waals surface area contributed by atoms with Gasteiger partial charge in [0.2, 0.25) is 5.76 Å². The van der Waals surface area contributed by atoms with Crippen LogP contribution in [-0.2, 0) is 4.74 Å². The third-order valence-corrected chi connectivity index (χ3v) is 5.62. The van der Waals surface area contributed by atoms with Crippen molar-refractivity contribution in [1.82, 2.24) is 4.90 Å². The minimum Gasteiger partial charge on any atom is -0.450 e. The predicted octanol–water partition coefficient (Wildman–Crippen LogP) is 5.05. The minimum absolute atomic E-state index is 0.0205. The summed E-state index contributed by atoms with van der Waals surface area (Å²) in [7, 11) is 0. The fourth-order valence-electron chi connectivity index (χ4n) is 3.80. The Morgan fingerprint density at radius 2 is 1.97 bits per heavy atom. The summed E-state index contributed by atoms with van der Waals surface area (Å²) in [4.78, 5) is 28.1. The first-order chi connectivity index (χ1) is 14.4. The van der Waals surface area contributed by atoms with E-state index in [4.69, 9.17) is 9.15 Å². The van der Waals surface area contributed by atoms with Crippen LogP contribution in [0.2, 0.25) is 0 Å². The third-order valence-electron chi connectivity index (χ3n) is 5.12. The van der Waals surface area contributed by atoms with E-state index >= 15 is 0 Å². The van der Waals surface area contributed by atoms with Crippen LogP contribution in [-0.4, -0.2) is 30.1 Å². The Balaban J connectivity index is 1.84. The highest BCUT2D eigenvalue weighted by Crippen LogP contribution is 2.39. The summed E-state index contributed by atoms with van der Waals surface area (Å²) >= 11 is 3.36. The molecule has 1 amide bonds. The lowest BCUT2D eigenvalue weighted by molar-refractivity contribution is 0.0592. The zero-order valence-electron chi connectivity index (χ0n) is 16.7. The smallest absolute Gasteiger partial charge is 0.290 e. The van der Waals surface area contributed by atoms with Crippen molar-refractivity contribution in [2.24, 2.45) is 0 Å². The number of hydrogen-bond donors (Lipinski definition) is 0. The number of benzene rings is 2. The highest BCUT2D eigenvalue weighted by Gasteiger charge is 2.43. The Hall–Kier alpha value is -2.51. The van der Waals surface area contributed by atoms with Crippen LogP contribution in [0.5, 0.6) is 0 Å². The highest BCUT2D eigenvalue weighted by atomic mass is 79.9. The van der Waals surface area contributed by atoms with Crippen LogP contribution < -0.4 is 5.43 Å². The molecule has 0 fully saturated rings. The van der Waals surface area contributed by atoms with Gasteiger partial charge in [0.15, 0.2) is 5.43 Å². The van der Waals surface area contributed by atoms with Crippen molar-refractivity contribution in [3.8, 4) is 0 Å². The van der Waals surface area contributed by atoms with Gasteiger partial charge in [0.1, 0.15) is 11.4 Å². The Bertz CT molecular complexity index is 1170. The summed E-state index contributed by atoms with van der Waals surface area (Å²) < 4.78 is 26.9. The van der Waals surface area contributed by atoms with E-state index in [0.29, 0.717) is 30.5 Å². The maximum atomic E-state index is 14.7. The third kappa shape index (κ3) is 3.68. The molecule has 3 aromatic rings. The topological polar surface area (TPSA) is 59.8 Å². The summed E-state index contributed by atoms with van der Waals surface area (Å²) in [6.45, 7) is 4.64. The standard InChI is InChI=1S/C23H21BrFNO4/c1-13(2)29-11-5-10-26-20(15-6-3-4-7-17(15)25)19-21(27)16-12-14(24)8-9-18(16)30-22(19)23(26)28/h3-4,6-9,12-13,20H,5,10-11H2,1-2H3/t20-/m1/s1. The summed E-state index contributed by atoms with van der Waals surface area (Å²) in [6.07, 6.45) is 0.633. The van der Waals surface area contributed by atoms with Crippen LogP contribution in [0.15, 0.2) is 56.1 Å². The molecule has 0 unspecified atom stereocenters. The molecule has 0 saturated heterocycles. The van der Waals surface area contributed by atoms with Gasteiger partial charge in [-0.2, -0.15) is 0 Å². The molecule has 2 aromatic carbocycles. The SMILES string of the molecule is CC(C)OCCCN1C(=O)c2oc3ccc(Br)cc3c(=O)c2[C@H]1c1ccccc1F. The van der Waals surface area contributed by atoms with Crippen molar-refractivity contribution in [2.45, 2.75) is 32.4 Å². The van der Waals surface area contributed by atoms with Crippen LogP contribution >= 0.6 is 15.9 Å². The lowest BCUT2D eigenvalue weighted by Gasteiger charge is -2.25. The number of amides is 1. The largest absolute Gasteiger partial charge is 0.450 e. The molecule has 30 heavy (non-hydrogen) atoms. The molecular formula is C23H21BrFNO4. The highest BCUT2D eigenvalue weighted by molar-refractivity contribution is 9.10. The van der Waals surface area contributed by atoms with Gasteiger partial charge < -0.3 is 14.1 Å². The number of nitrogens with zero attached hydrogens (tertiary/aromatic N) is 1. The first kappa shape index (κ1) is 20.8. The van der Waals surface area contributed by atoms with Crippen molar-refractivity contribution in [3.05, 3.63) is 79.9 Å². The van der Waals surface area contributed by atoms with Crippen molar-refractivity contribution < 1.29 is 18.3 Å². The minimum atomic E-state index is -0.840. The predicted molar refractivity (Wildman–Crippen MR) is 115 cm³/mol. The maximum absolute atomic E-state index is 14.7. The summed E-state index contributed by atoms with van der Waals surface area (Å²) in [5.41, 5.74) is 0.458. The summed E-state index contributed by atoms with van der Waals surface area (Å²) in [5, 5.41) is 0.349. The fourth-order valence-corrected chi connectivity index (χ4v) is 4.16. The second-order valence-corrected chi connectivity index (χ2v) is 8.43. The van der Waals surface area contributed by atoms with E-state index in [1.165, 1.54) is 11.0 Å². The monoisotopic (exact) mass is 473 g/mol. The molecule has 1 atom stereocenters. The first-order valence-electron chi connectivity index (χ1n) is 9.81. The van der Waals surface area contributed by atoms with E-state index in [1.807, 2.05) is 13.8 Å². The van der Waals surface area contributed by atoms with Crippen LogP contribution in [0.1, 0.15) is 48.0 Å². The van der Waals surface area contributed by atoms with E-state index < -0.39 is 17.8 Å². The average Bonchev–Trinajstić information content (AvgIpc) is 2.98. The fraction of sp³-hybridized carbons (Fsp3) is 0.304. The lowest BCUT2D eigenvalue weighted by atomic mass is 9.98. The molecular weight excluding hydrogens is 453 g/mol. The Kier molecular flexibility index (Phi) is 5.75. The second kappa shape index (κ2) is 8.32. The molecule has 0 saturated carbocycles. The number of fused-ring (bicyclic) bond motifs is 2. The molecule has 0 spiro atoms. The van der Waals surface area contributed by atoms with Gasteiger partial charge in [-0.3, -0.25) is 9.59 Å². The lowest BCUT2D eigenvalue weighted by Crippen LogP contribution is -2.32. The molecule has 0 N–H and O–H groups in total. The molecule has 0 bridgehead atoms. The van der Waals surface area contributed by atoms with Crippen LogP contribution in [0.4, 0.5) is 4.39 Å². The molecule has 2 heterocycles. The van der Waals surface area contributed by atoms with Gasteiger partial charge in [-0.05, 0) is 44.5 Å². The molecule has 4 rings (SSSR count). The van der Waals surface area contributed by atoms with Gasteiger partial charge in [-0.25, -0.2) is 4.39 Å². The number of carbonyl (C=O) groups is 1. The maximum Gasteiger partial charge on any atom is 0.290 e. The van der Waals surface area contributed by atoms with Crippen molar-refractivity contribution >= 4 is 32.8 Å². The number of hydrogen-bond acceptors (Lipinski definition) is 4. The van der Waals surface area contributed by atoms with Gasteiger partial charge in [-0.15, -0.1) is 0 Å². The van der Waals surface area contributed by atoms with Crippen molar-refractivity contribution in [2.75, 3.05) is 13.2 Å². The van der Waals surface area contributed by atoms with Crippen molar-refractivity contribution in [3.63, 3.8) is 0 Å². The van der Waals surface area contributed by atoms with E-state index in [2.05, 4.69) is 15.9 Å². The van der Waals surface area contributed by atoms with E-state index in [-0.39, 0.29) is 28.4 Å². The first-order valence-corrected chi connectivity index (χ1v) is 10.6. The molecule has 5 nitrogen and oxygen atoms in total. The van der Waals surface area contributed by atoms with Crippen LogP contribution in [0.3, 0.4) is 0 Å². The Morgan fingerprint density at radius 1 is 1.20 bits per heavy atom. The zero-order valence-corrected chi connectivity index (χ0v) is 18.2. The average molecular weight is 474 g/mol. The zero-order chi connectivity index (χ0) is 21.4. The molecule has 1 aliphatic rings. The van der Waals surface area contributed by atoms with E-state index in [1.54, 1.807) is 36.4 Å². The number of ether oxygens (including phenoxy) is 1. The molecule has 156 valence electrons. The Morgan fingerprint density at radius 3 is 2.70 bits per heavy atom. The van der Waals surface area contributed by atoms with E-state index in [9.17, 15) is 14.0 Å². The van der Waals surface area contributed by atoms with Crippen LogP contribution in [0.25, 0.3) is 11.0 Å². The molecule has 7 heteroatoms. The van der Waals surface area contributed by atoms with Gasteiger partial charge in [-0.1, -0.05) is 34.1 Å². The normalized spacial score (nSPS) is 16.0. The summed E-state index contributed by atoms with van der Waals surface area (Å²) in [6, 6.07) is 10.4. The van der Waals surface area contributed by atoms with Gasteiger partial charge >= 0.3 is 0 Å². The van der Waals surface area contributed by atoms with Gasteiger partial charge in [0.05, 0.1) is 23.1 Å². The molecule has 1 aromatic heterocycles. The second-order valence-electron chi connectivity index (χ2n) is 7.51. The number of carbonyl (C=O) groups excluding carboxylic acids is 1. The number of halogens is 2. The van der Waals surface area contributed by atoms with Crippen molar-refractivity contribution in [1.29, 1.82) is 0 Å². The Labute approximate surface area is 181 Å². The molecule has 0 radical (unpaired) electrons. The van der Waals surface area contributed by atoms with Gasteiger partial charge in [0, 0.05) is 23.2 Å². The van der Waals surface area contributed by atoms with Gasteiger partial charge in [0.25, 0.3) is 5.91 Å². The summed E-state index contributed by atoms with van der Waals surface area (Å²) in [5.74, 6) is -0.905. The number of rotatable bonds is 6. The molecule has 0 aliphatic carbocycles. The molecule has 1 aliphatic heterocycles. The quantitative estimate of drug-likeness (QED) is 0.469. The van der Waals surface area contributed by atoms with E-state index in [0.717, 1.165) is 4.47 Å².